The zero-order chi connectivity index (χ0) is 24.1. The average molecular weight is 483 g/mol. The molecule has 10 heteroatoms. The van der Waals surface area contributed by atoms with Crippen molar-refractivity contribution in [1.29, 1.82) is 0 Å². The van der Waals surface area contributed by atoms with E-state index in [1.165, 1.54) is 27.8 Å². The van der Waals surface area contributed by atoms with Gasteiger partial charge in [-0.15, -0.1) is 0 Å². The largest absolute Gasteiger partial charge is 0.359 e. The van der Waals surface area contributed by atoms with Crippen molar-refractivity contribution in [3.63, 3.8) is 0 Å². The minimum absolute atomic E-state index is 0.0111. The molecule has 4 rings (SSSR count). The molecule has 0 spiro atoms. The number of rotatable bonds is 8. The highest BCUT2D eigenvalue weighted by Crippen LogP contribution is 2.29. The Kier molecular flexibility index (Phi) is 7.56. The van der Waals surface area contributed by atoms with E-state index in [1.807, 2.05) is 24.3 Å². The van der Waals surface area contributed by atoms with E-state index in [0.717, 1.165) is 37.2 Å². The first-order chi connectivity index (χ1) is 16.5. The van der Waals surface area contributed by atoms with E-state index in [1.54, 1.807) is 7.05 Å². The summed E-state index contributed by atoms with van der Waals surface area (Å²) >= 11 is 1.29. The van der Waals surface area contributed by atoms with Crippen molar-refractivity contribution in [2.75, 3.05) is 30.4 Å². The van der Waals surface area contributed by atoms with E-state index in [0.29, 0.717) is 29.1 Å². The molecule has 1 aliphatic rings. The molecule has 1 fully saturated rings. The fourth-order valence-electron chi connectivity index (χ4n) is 4.11. The zero-order valence-corrected chi connectivity index (χ0v) is 20.4. The minimum Gasteiger partial charge on any atom is -0.359 e. The molecule has 1 aliphatic heterocycles. The number of fused-ring (bicyclic) bond motifs is 1. The van der Waals surface area contributed by atoms with Crippen molar-refractivity contribution in [2.24, 2.45) is 5.92 Å². The number of aryl methyl sites for hydroxylation is 1. The number of hydrogen-bond acceptors (Lipinski definition) is 7. The van der Waals surface area contributed by atoms with Crippen LogP contribution in [0.15, 0.2) is 35.4 Å². The van der Waals surface area contributed by atoms with Gasteiger partial charge in [-0.05, 0) is 43.4 Å². The lowest BCUT2D eigenvalue weighted by atomic mass is 9.96. The summed E-state index contributed by atoms with van der Waals surface area (Å²) < 4.78 is 1.74. The summed E-state index contributed by atoms with van der Waals surface area (Å²) in [6.45, 7) is 3.44. The Morgan fingerprint density at radius 3 is 2.59 bits per heavy atom. The second-order valence-electron chi connectivity index (χ2n) is 8.55. The summed E-state index contributed by atoms with van der Waals surface area (Å²) in [4.78, 5) is 48.3. The number of anilines is 2. The standard InChI is InChI=1S/C24H30N6O3S/c1-3-4-5-16-6-8-18(9-7-16)27-19(31)14-30-15-26-21-20(23(30)33)34-24(28-21)29-12-10-17(11-13-29)22(32)25-2/h6-9,15,17H,3-5,10-14H2,1-2H3,(H,25,32)(H,27,31). The van der Waals surface area contributed by atoms with Gasteiger partial charge in [0.1, 0.15) is 17.6 Å². The van der Waals surface area contributed by atoms with Crippen LogP contribution in [0.2, 0.25) is 0 Å². The first-order valence-corrected chi connectivity index (χ1v) is 12.5. The quantitative estimate of drug-likeness (QED) is 0.511. The van der Waals surface area contributed by atoms with Gasteiger partial charge in [0.15, 0.2) is 10.8 Å². The van der Waals surface area contributed by atoms with Crippen molar-refractivity contribution in [3.05, 3.63) is 46.5 Å². The Labute approximate surface area is 202 Å². The van der Waals surface area contributed by atoms with Crippen LogP contribution in [-0.2, 0) is 22.6 Å². The molecule has 180 valence electrons. The van der Waals surface area contributed by atoms with Crippen LogP contribution in [0.3, 0.4) is 0 Å². The smallest absolute Gasteiger partial charge is 0.273 e. The van der Waals surface area contributed by atoms with Gasteiger partial charge in [-0.25, -0.2) is 4.98 Å². The van der Waals surface area contributed by atoms with E-state index >= 15 is 0 Å². The van der Waals surface area contributed by atoms with Gasteiger partial charge in [0, 0.05) is 31.7 Å². The lowest BCUT2D eigenvalue weighted by Gasteiger charge is -2.30. The zero-order valence-electron chi connectivity index (χ0n) is 19.5. The number of aromatic nitrogens is 3. The molecule has 0 saturated carbocycles. The SMILES string of the molecule is CCCCc1ccc(NC(=O)Cn2cnc3nc(N4CCC(C(=O)NC)CC4)sc3c2=O)cc1. The monoisotopic (exact) mass is 482 g/mol. The number of amides is 2. The summed E-state index contributed by atoms with van der Waals surface area (Å²) in [7, 11) is 1.66. The number of carbonyl (C=O) groups excluding carboxylic acids is 2. The number of nitrogens with zero attached hydrogens (tertiary/aromatic N) is 4. The molecular weight excluding hydrogens is 452 g/mol. The molecule has 9 nitrogen and oxygen atoms in total. The average Bonchev–Trinajstić information content (AvgIpc) is 3.30. The van der Waals surface area contributed by atoms with Crippen LogP contribution in [0.5, 0.6) is 0 Å². The molecule has 1 saturated heterocycles. The maximum atomic E-state index is 13.0. The normalized spacial score (nSPS) is 14.4. The Morgan fingerprint density at radius 1 is 1.18 bits per heavy atom. The number of nitrogens with one attached hydrogen (secondary N) is 2. The molecule has 0 aliphatic carbocycles. The van der Waals surface area contributed by atoms with Crippen LogP contribution in [0.25, 0.3) is 10.3 Å². The van der Waals surface area contributed by atoms with Crippen LogP contribution < -0.4 is 21.1 Å². The predicted octanol–water partition coefficient (Wildman–Crippen LogP) is 2.80. The van der Waals surface area contributed by atoms with E-state index < -0.39 is 0 Å². The summed E-state index contributed by atoms with van der Waals surface area (Å²) in [5, 5.41) is 6.27. The molecule has 0 bridgehead atoms. The van der Waals surface area contributed by atoms with Crippen molar-refractivity contribution < 1.29 is 9.59 Å². The van der Waals surface area contributed by atoms with Gasteiger partial charge >= 0.3 is 0 Å². The summed E-state index contributed by atoms with van der Waals surface area (Å²) in [5.74, 6) is -0.207. The van der Waals surface area contributed by atoms with E-state index in [4.69, 9.17) is 0 Å². The fourth-order valence-corrected chi connectivity index (χ4v) is 5.13. The molecule has 2 aromatic heterocycles. The minimum atomic E-state index is -0.287. The number of piperidine rings is 1. The number of benzene rings is 1. The number of thiazole rings is 1. The molecule has 0 radical (unpaired) electrons. The topological polar surface area (TPSA) is 109 Å². The van der Waals surface area contributed by atoms with Crippen LogP contribution in [0.4, 0.5) is 10.8 Å². The Morgan fingerprint density at radius 2 is 1.91 bits per heavy atom. The first kappa shape index (κ1) is 23.9. The first-order valence-electron chi connectivity index (χ1n) is 11.7. The van der Waals surface area contributed by atoms with Gasteiger partial charge in [-0.2, -0.15) is 4.98 Å². The third-order valence-corrected chi connectivity index (χ3v) is 7.22. The van der Waals surface area contributed by atoms with E-state index in [9.17, 15) is 14.4 Å². The second-order valence-corrected chi connectivity index (χ2v) is 9.53. The second kappa shape index (κ2) is 10.8. The van der Waals surface area contributed by atoms with Crippen LogP contribution in [-0.4, -0.2) is 46.5 Å². The Balaban J connectivity index is 1.41. The molecule has 3 heterocycles. The Bertz CT molecular complexity index is 1210. The van der Waals surface area contributed by atoms with Crippen LogP contribution in [0, 0.1) is 5.92 Å². The fraction of sp³-hybridized carbons (Fsp3) is 0.458. The Hall–Kier alpha value is -3.27. The van der Waals surface area contributed by atoms with E-state index in [2.05, 4.69) is 32.4 Å². The number of unbranched alkanes of at least 4 members (excludes halogenated alkanes) is 1. The lowest BCUT2D eigenvalue weighted by molar-refractivity contribution is -0.125. The highest BCUT2D eigenvalue weighted by Gasteiger charge is 2.26. The van der Waals surface area contributed by atoms with Crippen molar-refractivity contribution >= 4 is 44.3 Å². The maximum Gasteiger partial charge on any atom is 0.273 e. The number of carbonyl (C=O) groups is 2. The van der Waals surface area contributed by atoms with Gasteiger partial charge in [-0.3, -0.25) is 19.0 Å². The molecule has 34 heavy (non-hydrogen) atoms. The maximum absolute atomic E-state index is 13.0. The third-order valence-electron chi connectivity index (χ3n) is 6.13. The van der Waals surface area contributed by atoms with Gasteiger partial charge < -0.3 is 15.5 Å². The molecule has 2 N–H and O–H groups in total. The highest BCUT2D eigenvalue weighted by molar-refractivity contribution is 7.22. The van der Waals surface area contributed by atoms with Crippen LogP contribution in [0.1, 0.15) is 38.2 Å². The van der Waals surface area contributed by atoms with Gasteiger partial charge in [0.25, 0.3) is 5.56 Å². The van der Waals surface area contributed by atoms with Gasteiger partial charge in [-0.1, -0.05) is 36.8 Å². The van der Waals surface area contributed by atoms with Gasteiger partial charge in [0.05, 0.1) is 0 Å². The van der Waals surface area contributed by atoms with Crippen molar-refractivity contribution in [3.8, 4) is 0 Å². The van der Waals surface area contributed by atoms with E-state index in [-0.39, 0.29) is 29.8 Å². The highest BCUT2D eigenvalue weighted by atomic mass is 32.1. The third kappa shape index (κ3) is 5.44. The molecular formula is C24H30N6O3S. The van der Waals surface area contributed by atoms with Gasteiger partial charge in [0.2, 0.25) is 11.8 Å². The summed E-state index contributed by atoms with van der Waals surface area (Å²) in [6, 6.07) is 7.80. The molecule has 1 aromatic carbocycles. The van der Waals surface area contributed by atoms with Crippen molar-refractivity contribution in [1.82, 2.24) is 19.9 Å². The summed E-state index contributed by atoms with van der Waals surface area (Å²) in [6.07, 6.45) is 6.16. The van der Waals surface area contributed by atoms with Crippen LogP contribution >= 0.6 is 11.3 Å². The van der Waals surface area contributed by atoms with Crippen molar-refractivity contribution in [2.45, 2.75) is 45.6 Å². The molecule has 0 atom stereocenters. The number of hydrogen-bond donors (Lipinski definition) is 2. The molecule has 3 aromatic rings. The predicted molar refractivity (Wildman–Crippen MR) is 134 cm³/mol. The summed E-state index contributed by atoms with van der Waals surface area (Å²) in [5.41, 5.74) is 2.05. The lowest BCUT2D eigenvalue weighted by Crippen LogP contribution is -2.39. The molecule has 2 amide bonds. The molecule has 0 unspecified atom stereocenters.